The molecule has 3 atom stereocenters. The molecule has 5 nitrogen and oxygen atoms in total. The first kappa shape index (κ1) is 61.8. The van der Waals surface area contributed by atoms with Gasteiger partial charge in [-0.25, -0.2) is 0 Å². The van der Waals surface area contributed by atoms with Crippen LogP contribution in [0.4, 0.5) is 0 Å². The topological polar surface area (TPSA) is 89.8 Å². The van der Waals surface area contributed by atoms with Gasteiger partial charge in [-0.2, -0.15) is 0 Å². The van der Waals surface area contributed by atoms with Crippen LogP contribution in [0.2, 0.25) is 0 Å². The zero-order chi connectivity index (χ0) is 45.8. The van der Waals surface area contributed by atoms with E-state index in [4.69, 9.17) is 0 Å². The van der Waals surface area contributed by atoms with Gasteiger partial charge in [0.15, 0.2) is 0 Å². The molecule has 0 aliphatic rings. The number of aliphatic hydroxyl groups excluding tert-OH is 3. The Labute approximate surface area is 394 Å². The largest absolute Gasteiger partial charge is 0.394 e. The minimum absolute atomic E-state index is 0.0169. The first-order chi connectivity index (χ1) is 31.0. The molecule has 0 aliphatic heterocycles. The van der Waals surface area contributed by atoms with Crippen molar-refractivity contribution in [1.82, 2.24) is 5.32 Å². The first-order valence-electron chi connectivity index (χ1n) is 28.6. The monoisotopic (exact) mass is 888 g/mol. The number of nitrogens with one attached hydrogen (secondary N) is 1. The van der Waals surface area contributed by atoms with Crippen LogP contribution in [0.5, 0.6) is 0 Å². The molecule has 0 aromatic rings. The van der Waals surface area contributed by atoms with Gasteiger partial charge in [-0.05, 0) is 44.9 Å². The van der Waals surface area contributed by atoms with E-state index in [1.807, 2.05) is 6.08 Å². The van der Waals surface area contributed by atoms with Crippen molar-refractivity contribution in [2.75, 3.05) is 6.61 Å². The van der Waals surface area contributed by atoms with Crippen LogP contribution >= 0.6 is 0 Å². The number of carbonyl (C=O) groups is 1. The maximum atomic E-state index is 12.5. The number of hydrogen-bond acceptors (Lipinski definition) is 4. The Hall–Kier alpha value is -1.17. The highest BCUT2D eigenvalue weighted by molar-refractivity contribution is 5.76. The van der Waals surface area contributed by atoms with Gasteiger partial charge in [0.05, 0.1) is 31.3 Å². The van der Waals surface area contributed by atoms with E-state index in [2.05, 4.69) is 31.3 Å². The Morgan fingerprint density at radius 3 is 0.968 bits per heavy atom. The Morgan fingerprint density at radius 1 is 0.397 bits per heavy atom. The van der Waals surface area contributed by atoms with Crippen molar-refractivity contribution in [3.05, 3.63) is 24.3 Å². The Balaban J connectivity index is 3.52. The molecule has 0 saturated carbocycles. The molecule has 63 heavy (non-hydrogen) atoms. The first-order valence-corrected chi connectivity index (χ1v) is 28.6. The molecule has 0 rings (SSSR count). The second-order valence-electron chi connectivity index (χ2n) is 19.9. The third-order valence-electron chi connectivity index (χ3n) is 13.5. The van der Waals surface area contributed by atoms with Gasteiger partial charge in [-0.3, -0.25) is 4.79 Å². The summed E-state index contributed by atoms with van der Waals surface area (Å²) in [6.07, 6.45) is 68.0. The summed E-state index contributed by atoms with van der Waals surface area (Å²) in [5, 5.41) is 33.5. The molecular weight excluding hydrogens is 775 g/mol. The standard InChI is InChI=1S/C58H113NO4/c1-3-5-7-9-11-13-15-17-19-21-23-24-25-26-27-28-29-30-31-32-33-34-35-37-39-41-43-45-47-49-51-55(61)53-58(63)59-56(54-60)57(62)52-50-48-46-44-42-40-38-36-22-20-18-16-14-12-10-8-6-4-2/h26-27,50,52,55-57,60-62H,3-25,28-49,51,53-54H2,1-2H3,(H,59,63)/b27-26-,52-50+. The van der Waals surface area contributed by atoms with Gasteiger partial charge < -0.3 is 20.6 Å². The molecule has 374 valence electrons. The van der Waals surface area contributed by atoms with Crippen LogP contribution < -0.4 is 5.32 Å². The number of unbranched alkanes of at least 4 members (excludes halogenated alkanes) is 42. The Bertz CT molecular complexity index is 936. The molecule has 0 saturated heterocycles. The summed E-state index contributed by atoms with van der Waals surface area (Å²) in [4.78, 5) is 12.5. The summed E-state index contributed by atoms with van der Waals surface area (Å²) in [5.41, 5.74) is 0. The van der Waals surface area contributed by atoms with Crippen molar-refractivity contribution >= 4 is 5.91 Å². The molecule has 0 aliphatic carbocycles. The van der Waals surface area contributed by atoms with E-state index < -0.39 is 18.2 Å². The van der Waals surface area contributed by atoms with Gasteiger partial charge in [0.2, 0.25) is 5.91 Å². The van der Waals surface area contributed by atoms with Crippen molar-refractivity contribution in [3.8, 4) is 0 Å². The van der Waals surface area contributed by atoms with Crippen molar-refractivity contribution in [2.24, 2.45) is 0 Å². The number of amides is 1. The zero-order valence-electron chi connectivity index (χ0n) is 42.7. The van der Waals surface area contributed by atoms with Gasteiger partial charge in [0.1, 0.15) is 0 Å². The molecule has 0 fully saturated rings. The third-order valence-corrected chi connectivity index (χ3v) is 13.5. The summed E-state index contributed by atoms with van der Waals surface area (Å²) in [6, 6.07) is -0.743. The Kier molecular flexibility index (Phi) is 52.5. The van der Waals surface area contributed by atoms with Crippen LogP contribution in [0.1, 0.15) is 316 Å². The maximum absolute atomic E-state index is 12.5. The number of allylic oxidation sites excluding steroid dienone is 3. The Morgan fingerprint density at radius 2 is 0.667 bits per heavy atom. The number of carbonyl (C=O) groups excluding carboxylic acids is 1. The van der Waals surface area contributed by atoms with Crippen molar-refractivity contribution in [2.45, 2.75) is 334 Å². The molecule has 0 radical (unpaired) electrons. The summed E-state index contributed by atoms with van der Waals surface area (Å²) in [5.74, 6) is -0.310. The lowest BCUT2D eigenvalue weighted by Gasteiger charge is -2.21. The van der Waals surface area contributed by atoms with E-state index in [1.165, 1.54) is 263 Å². The smallest absolute Gasteiger partial charge is 0.222 e. The minimum Gasteiger partial charge on any atom is -0.394 e. The summed E-state index contributed by atoms with van der Waals surface area (Å²) in [7, 11) is 0. The van der Waals surface area contributed by atoms with Crippen LogP contribution in [0.25, 0.3) is 0 Å². The van der Waals surface area contributed by atoms with E-state index in [1.54, 1.807) is 6.08 Å². The van der Waals surface area contributed by atoms with E-state index in [-0.39, 0.29) is 18.9 Å². The highest BCUT2D eigenvalue weighted by Gasteiger charge is 2.20. The fraction of sp³-hybridized carbons (Fsp3) is 0.914. The number of rotatable bonds is 53. The van der Waals surface area contributed by atoms with Crippen molar-refractivity contribution < 1.29 is 20.1 Å². The fourth-order valence-corrected chi connectivity index (χ4v) is 9.10. The van der Waals surface area contributed by atoms with Crippen LogP contribution in [-0.2, 0) is 4.79 Å². The van der Waals surface area contributed by atoms with Crippen LogP contribution in [0, 0.1) is 0 Å². The second-order valence-corrected chi connectivity index (χ2v) is 19.9. The molecule has 0 aromatic carbocycles. The molecule has 0 heterocycles. The average molecular weight is 889 g/mol. The molecule has 0 bridgehead atoms. The highest BCUT2D eigenvalue weighted by atomic mass is 16.3. The second kappa shape index (κ2) is 53.4. The van der Waals surface area contributed by atoms with Gasteiger partial charge in [-0.1, -0.05) is 289 Å². The summed E-state index contributed by atoms with van der Waals surface area (Å²) < 4.78 is 0. The lowest BCUT2D eigenvalue weighted by Crippen LogP contribution is -2.45. The SMILES string of the molecule is CCCCCCCCCCCCCC/C=C\CCCCCCCCCCCCCCCCC(O)CC(=O)NC(CO)C(O)/C=C/CCCCCCCCCCCCCCCCCC. The van der Waals surface area contributed by atoms with Crippen LogP contribution in [0.15, 0.2) is 24.3 Å². The molecule has 4 N–H and O–H groups in total. The van der Waals surface area contributed by atoms with E-state index in [0.29, 0.717) is 6.42 Å². The van der Waals surface area contributed by atoms with E-state index >= 15 is 0 Å². The van der Waals surface area contributed by atoms with Gasteiger partial charge in [0, 0.05) is 0 Å². The quantitative estimate of drug-likeness (QED) is 0.0362. The maximum Gasteiger partial charge on any atom is 0.222 e. The molecule has 0 aromatic heterocycles. The molecule has 0 spiro atoms. The van der Waals surface area contributed by atoms with Gasteiger partial charge in [0.25, 0.3) is 0 Å². The number of aliphatic hydroxyl groups is 3. The molecular formula is C58H113NO4. The molecule has 3 unspecified atom stereocenters. The van der Waals surface area contributed by atoms with Crippen LogP contribution in [-0.4, -0.2) is 46.1 Å². The summed E-state index contributed by atoms with van der Waals surface area (Å²) >= 11 is 0. The highest BCUT2D eigenvalue weighted by Crippen LogP contribution is 2.17. The predicted molar refractivity (Wildman–Crippen MR) is 278 cm³/mol. The lowest BCUT2D eigenvalue weighted by molar-refractivity contribution is -0.124. The zero-order valence-corrected chi connectivity index (χ0v) is 42.7. The van der Waals surface area contributed by atoms with Crippen LogP contribution in [0.3, 0.4) is 0 Å². The van der Waals surface area contributed by atoms with Crippen molar-refractivity contribution in [1.29, 1.82) is 0 Å². The summed E-state index contributed by atoms with van der Waals surface area (Å²) in [6.45, 7) is 4.25. The van der Waals surface area contributed by atoms with E-state index in [0.717, 1.165) is 25.7 Å². The molecule has 5 heteroatoms. The normalized spacial score (nSPS) is 13.4. The average Bonchev–Trinajstić information content (AvgIpc) is 3.28. The van der Waals surface area contributed by atoms with Gasteiger partial charge in [-0.15, -0.1) is 0 Å². The molecule has 1 amide bonds. The van der Waals surface area contributed by atoms with Crippen molar-refractivity contribution in [3.63, 3.8) is 0 Å². The minimum atomic E-state index is -0.927. The van der Waals surface area contributed by atoms with E-state index in [9.17, 15) is 20.1 Å². The predicted octanol–water partition coefficient (Wildman–Crippen LogP) is 17.7. The van der Waals surface area contributed by atoms with Gasteiger partial charge >= 0.3 is 0 Å². The fourth-order valence-electron chi connectivity index (χ4n) is 9.10. The third kappa shape index (κ3) is 50.1. The lowest BCUT2D eigenvalue weighted by atomic mass is 10.0. The number of hydrogen-bond donors (Lipinski definition) is 4.